The first kappa shape index (κ1) is 22.8. The van der Waals surface area contributed by atoms with Gasteiger partial charge in [-0.2, -0.15) is 0 Å². The van der Waals surface area contributed by atoms with Crippen LogP contribution in [-0.2, 0) is 28.5 Å². The summed E-state index contributed by atoms with van der Waals surface area (Å²) >= 11 is 0. The molecule has 1 aliphatic carbocycles. The minimum absolute atomic E-state index is 0.0640. The van der Waals surface area contributed by atoms with Gasteiger partial charge in [0.2, 0.25) is 5.79 Å². The van der Waals surface area contributed by atoms with Crippen LogP contribution in [0.1, 0.15) is 47.5 Å². The van der Waals surface area contributed by atoms with E-state index < -0.39 is 23.5 Å². The molecule has 0 radical (unpaired) electrons. The highest BCUT2D eigenvalue weighted by Gasteiger charge is 2.55. The normalized spacial score (nSPS) is 39.7. The third kappa shape index (κ3) is 3.87. The first-order valence-electron chi connectivity index (χ1n) is 10.7. The smallest absolute Gasteiger partial charge is 0.339 e. The van der Waals surface area contributed by atoms with E-state index in [0.717, 1.165) is 6.42 Å². The van der Waals surface area contributed by atoms with E-state index in [0.29, 0.717) is 23.8 Å². The Hall–Kier alpha value is -1.92. The lowest BCUT2D eigenvalue weighted by molar-refractivity contribution is -0.228. The predicted octanol–water partition coefficient (Wildman–Crippen LogP) is 3.96. The van der Waals surface area contributed by atoms with E-state index in [9.17, 15) is 9.59 Å². The van der Waals surface area contributed by atoms with E-state index in [-0.39, 0.29) is 17.8 Å². The largest absolute Gasteiger partial charge is 0.466 e. The van der Waals surface area contributed by atoms with Crippen LogP contribution in [0.3, 0.4) is 0 Å². The second-order valence-electron chi connectivity index (χ2n) is 9.17. The van der Waals surface area contributed by atoms with Crippen molar-refractivity contribution >= 4 is 11.9 Å². The lowest BCUT2D eigenvalue weighted by Crippen LogP contribution is -2.48. The molecule has 3 aliphatic rings. The van der Waals surface area contributed by atoms with Gasteiger partial charge in [0.1, 0.15) is 11.7 Å². The van der Waals surface area contributed by atoms with Crippen LogP contribution in [0.4, 0.5) is 0 Å². The number of hydrogen-bond acceptors (Lipinski definition) is 6. The fraction of sp³-hybridized carbons (Fsp3) is 0.667. The van der Waals surface area contributed by atoms with Crippen LogP contribution in [0.5, 0.6) is 0 Å². The average Bonchev–Trinajstić information content (AvgIpc) is 3.06. The summed E-state index contributed by atoms with van der Waals surface area (Å²) in [6.45, 7) is 9.80. The summed E-state index contributed by atoms with van der Waals surface area (Å²) in [4.78, 5) is 24.9. The molecule has 3 rings (SSSR count). The van der Waals surface area contributed by atoms with Gasteiger partial charge in [0.15, 0.2) is 0 Å². The van der Waals surface area contributed by atoms with Gasteiger partial charge in [-0.25, -0.2) is 4.79 Å². The predicted molar refractivity (Wildman–Crippen MR) is 112 cm³/mol. The maximum Gasteiger partial charge on any atom is 0.339 e. The lowest BCUT2D eigenvalue weighted by atomic mass is 9.65. The van der Waals surface area contributed by atoms with Crippen LogP contribution in [0.2, 0.25) is 0 Å². The molecule has 2 heterocycles. The molecule has 166 valence electrons. The topological polar surface area (TPSA) is 71.1 Å². The molecular formula is C24H34O6. The monoisotopic (exact) mass is 418 g/mol. The highest BCUT2D eigenvalue weighted by atomic mass is 16.7. The molecule has 0 amide bonds. The molecule has 6 heteroatoms. The Labute approximate surface area is 179 Å². The third-order valence-corrected chi connectivity index (χ3v) is 6.98. The molecule has 30 heavy (non-hydrogen) atoms. The van der Waals surface area contributed by atoms with Crippen molar-refractivity contribution in [2.24, 2.45) is 23.7 Å². The number of methoxy groups -OCH3 is 2. The quantitative estimate of drug-likeness (QED) is 0.508. The second-order valence-corrected chi connectivity index (χ2v) is 9.17. The molecular weight excluding hydrogens is 384 g/mol. The van der Waals surface area contributed by atoms with Gasteiger partial charge in [0.05, 0.1) is 12.7 Å². The Bertz CT molecular complexity index is 794. The summed E-state index contributed by atoms with van der Waals surface area (Å²) in [6, 6.07) is 0. The highest BCUT2D eigenvalue weighted by molar-refractivity contribution is 5.91. The molecule has 6 nitrogen and oxygen atoms in total. The zero-order chi connectivity index (χ0) is 22.3. The Balaban J connectivity index is 2.23. The van der Waals surface area contributed by atoms with Crippen molar-refractivity contribution in [3.63, 3.8) is 0 Å². The van der Waals surface area contributed by atoms with Crippen LogP contribution >= 0.6 is 0 Å². The van der Waals surface area contributed by atoms with E-state index >= 15 is 0 Å². The van der Waals surface area contributed by atoms with Gasteiger partial charge in [0.25, 0.3) is 0 Å². The van der Waals surface area contributed by atoms with Gasteiger partial charge in [-0.3, -0.25) is 4.79 Å². The lowest BCUT2D eigenvalue weighted by Gasteiger charge is -2.41. The summed E-state index contributed by atoms with van der Waals surface area (Å²) in [7, 11) is 2.87. The molecule has 0 aromatic rings. The summed E-state index contributed by atoms with van der Waals surface area (Å²) in [6.07, 6.45) is 8.86. The standard InChI is InChI=1S/C24H34O6/c1-14(2)17-9-8-15(3)18-13-21(29-16(4)25)23(5)10-11-24(28-7,30-23)20(12-19(17)18)22(26)27-6/h8,10-12,14,17-19,21H,9,13H2,1-7H3/b20-12-/t17-,18+,19-,21+,23+,24-/m1/s1. The second kappa shape index (κ2) is 8.31. The van der Waals surface area contributed by atoms with E-state index in [1.165, 1.54) is 26.7 Å². The van der Waals surface area contributed by atoms with Gasteiger partial charge in [-0.15, -0.1) is 0 Å². The molecule has 0 aromatic heterocycles. The average molecular weight is 419 g/mol. The van der Waals surface area contributed by atoms with Gasteiger partial charge < -0.3 is 18.9 Å². The SMILES string of the molecule is COC(=O)/C1=C/[C@@H]2[C@@H](C(C)C)CC=C(C)[C@@H]2C[C@H](OC(C)=O)[C@]2(C)C=C[C@@]1(OC)O2. The summed E-state index contributed by atoms with van der Waals surface area (Å²) in [5.41, 5.74) is 0.645. The van der Waals surface area contributed by atoms with Crippen molar-refractivity contribution in [1.29, 1.82) is 0 Å². The number of carbonyl (C=O) groups excluding carboxylic acids is 2. The van der Waals surface area contributed by atoms with E-state index in [1.54, 1.807) is 6.08 Å². The summed E-state index contributed by atoms with van der Waals surface area (Å²) in [5.74, 6) is -1.31. The molecule has 0 saturated heterocycles. The Morgan fingerprint density at radius 2 is 1.93 bits per heavy atom. The fourth-order valence-corrected chi connectivity index (χ4v) is 5.20. The van der Waals surface area contributed by atoms with Crippen LogP contribution < -0.4 is 0 Å². The Morgan fingerprint density at radius 1 is 1.23 bits per heavy atom. The van der Waals surface area contributed by atoms with Crippen LogP contribution in [0.25, 0.3) is 0 Å². The van der Waals surface area contributed by atoms with E-state index in [4.69, 9.17) is 18.9 Å². The van der Waals surface area contributed by atoms with Crippen molar-refractivity contribution in [3.8, 4) is 0 Å². The van der Waals surface area contributed by atoms with Crippen molar-refractivity contribution < 1.29 is 28.5 Å². The van der Waals surface area contributed by atoms with Crippen molar-refractivity contribution in [1.82, 2.24) is 0 Å². The van der Waals surface area contributed by atoms with E-state index in [1.807, 2.05) is 19.1 Å². The van der Waals surface area contributed by atoms with Crippen molar-refractivity contribution in [2.45, 2.75) is 65.0 Å². The molecule has 6 atom stereocenters. The van der Waals surface area contributed by atoms with Crippen LogP contribution in [-0.4, -0.2) is 43.7 Å². The third-order valence-electron chi connectivity index (χ3n) is 6.98. The zero-order valence-electron chi connectivity index (χ0n) is 19.1. The minimum atomic E-state index is -1.38. The van der Waals surface area contributed by atoms with E-state index in [2.05, 4.69) is 26.8 Å². The van der Waals surface area contributed by atoms with Gasteiger partial charge in [-0.1, -0.05) is 31.6 Å². The number of hydrogen-bond donors (Lipinski definition) is 0. The van der Waals surface area contributed by atoms with Crippen LogP contribution in [0, 0.1) is 23.7 Å². The first-order valence-corrected chi connectivity index (χ1v) is 10.7. The Morgan fingerprint density at radius 3 is 2.50 bits per heavy atom. The number of carbonyl (C=O) groups is 2. The molecule has 0 N–H and O–H groups in total. The summed E-state index contributed by atoms with van der Waals surface area (Å²) < 4.78 is 23.1. The first-order chi connectivity index (χ1) is 14.1. The zero-order valence-corrected chi connectivity index (χ0v) is 19.1. The number of rotatable bonds is 4. The molecule has 0 aromatic carbocycles. The highest BCUT2D eigenvalue weighted by Crippen LogP contribution is 2.49. The molecule has 2 bridgehead atoms. The Kier molecular flexibility index (Phi) is 6.30. The maximum atomic E-state index is 12.9. The number of fused-ring (bicyclic) bond motifs is 3. The van der Waals surface area contributed by atoms with Crippen molar-refractivity contribution in [2.75, 3.05) is 14.2 Å². The number of ether oxygens (including phenoxy) is 4. The van der Waals surface area contributed by atoms with Crippen molar-refractivity contribution in [3.05, 3.63) is 35.5 Å². The molecule has 2 aliphatic heterocycles. The molecule has 0 saturated carbocycles. The summed E-state index contributed by atoms with van der Waals surface area (Å²) in [5, 5.41) is 0. The van der Waals surface area contributed by atoms with Gasteiger partial charge in [0, 0.05) is 14.0 Å². The molecule has 0 fully saturated rings. The molecule has 0 spiro atoms. The fourth-order valence-electron chi connectivity index (χ4n) is 5.20. The molecule has 0 unspecified atom stereocenters. The number of allylic oxidation sites excluding steroid dienone is 3. The van der Waals surface area contributed by atoms with Gasteiger partial charge in [-0.05, 0) is 62.5 Å². The van der Waals surface area contributed by atoms with Crippen LogP contribution in [0.15, 0.2) is 35.5 Å². The van der Waals surface area contributed by atoms with Gasteiger partial charge >= 0.3 is 11.9 Å². The minimum Gasteiger partial charge on any atom is -0.466 e. The number of esters is 2. The maximum absolute atomic E-state index is 12.9.